The fraction of sp³-hybridized carbons (Fsp3) is 0.417. The third-order valence-electron chi connectivity index (χ3n) is 2.26. The summed E-state index contributed by atoms with van der Waals surface area (Å²) < 4.78 is 0. The lowest BCUT2D eigenvalue weighted by Gasteiger charge is -2.05. The Hall–Kier alpha value is -0.760. The van der Waals surface area contributed by atoms with Crippen LogP contribution in [-0.2, 0) is 11.2 Å². The van der Waals surface area contributed by atoms with Gasteiger partial charge in [-0.3, -0.25) is 4.79 Å². The lowest BCUT2D eigenvalue weighted by molar-refractivity contribution is -0.116. The van der Waals surface area contributed by atoms with Crippen molar-refractivity contribution in [1.82, 2.24) is 0 Å². The average Bonchev–Trinajstić information content (AvgIpc) is 2.19. The van der Waals surface area contributed by atoms with Crippen LogP contribution in [0.25, 0.3) is 0 Å². The Morgan fingerprint density at radius 2 is 2.00 bits per heavy atom. The average molecular weight is 208 g/mol. The van der Waals surface area contributed by atoms with E-state index in [-0.39, 0.29) is 11.0 Å². The van der Waals surface area contributed by atoms with Crippen molar-refractivity contribution in [2.45, 2.75) is 31.4 Å². The molecule has 76 valence electrons. The van der Waals surface area contributed by atoms with Crippen molar-refractivity contribution in [3.63, 3.8) is 0 Å². The number of carbonyl (C=O) groups is 1. The molecule has 1 aromatic rings. The highest BCUT2D eigenvalue weighted by atomic mass is 32.1. The van der Waals surface area contributed by atoms with Gasteiger partial charge in [0.05, 0.1) is 5.25 Å². The molecule has 0 amide bonds. The van der Waals surface area contributed by atoms with E-state index in [2.05, 4.69) is 24.8 Å². The molecule has 1 nitrogen and oxygen atoms in total. The van der Waals surface area contributed by atoms with Crippen molar-refractivity contribution in [2.24, 2.45) is 0 Å². The van der Waals surface area contributed by atoms with E-state index in [1.165, 1.54) is 5.56 Å². The lowest BCUT2D eigenvalue weighted by atomic mass is 10.1. The zero-order chi connectivity index (χ0) is 10.4. The van der Waals surface area contributed by atoms with Crippen molar-refractivity contribution in [3.05, 3.63) is 35.9 Å². The maximum Gasteiger partial charge on any atom is 0.142 e. The Morgan fingerprint density at radius 1 is 1.36 bits per heavy atom. The Kier molecular flexibility index (Phi) is 4.74. The quantitative estimate of drug-likeness (QED) is 0.736. The van der Waals surface area contributed by atoms with Crippen molar-refractivity contribution < 1.29 is 4.79 Å². The number of hydrogen-bond donors (Lipinski definition) is 1. The predicted molar refractivity (Wildman–Crippen MR) is 62.8 cm³/mol. The summed E-state index contributed by atoms with van der Waals surface area (Å²) in [5.41, 5.74) is 1.33. The standard InChI is InChI=1S/C12H16OS/c1-10(13)12(14)9-5-8-11-6-3-2-4-7-11/h2-4,6-7,12,14H,5,8-9H2,1H3. The van der Waals surface area contributed by atoms with E-state index in [9.17, 15) is 4.79 Å². The second kappa shape index (κ2) is 5.86. The molecule has 0 N–H and O–H groups in total. The van der Waals surface area contributed by atoms with Gasteiger partial charge in [0.25, 0.3) is 0 Å². The van der Waals surface area contributed by atoms with Gasteiger partial charge in [0, 0.05) is 0 Å². The molecule has 1 aromatic carbocycles. The van der Waals surface area contributed by atoms with Crippen LogP contribution in [0.2, 0.25) is 0 Å². The normalized spacial score (nSPS) is 12.4. The fourth-order valence-corrected chi connectivity index (χ4v) is 1.53. The van der Waals surface area contributed by atoms with Crippen LogP contribution in [0.15, 0.2) is 30.3 Å². The van der Waals surface area contributed by atoms with Gasteiger partial charge in [-0.1, -0.05) is 30.3 Å². The largest absolute Gasteiger partial charge is 0.299 e. The van der Waals surface area contributed by atoms with E-state index in [1.54, 1.807) is 6.92 Å². The maximum absolute atomic E-state index is 10.9. The number of ketones is 1. The Morgan fingerprint density at radius 3 is 2.57 bits per heavy atom. The number of hydrogen-bond acceptors (Lipinski definition) is 2. The Bertz CT molecular complexity index is 282. The van der Waals surface area contributed by atoms with E-state index in [0.29, 0.717) is 0 Å². The Labute approximate surface area is 90.9 Å². The topological polar surface area (TPSA) is 17.1 Å². The van der Waals surface area contributed by atoms with Crippen LogP contribution in [0.4, 0.5) is 0 Å². The molecule has 0 aliphatic heterocycles. The zero-order valence-electron chi connectivity index (χ0n) is 8.44. The molecule has 0 saturated carbocycles. The molecule has 0 bridgehead atoms. The second-order valence-corrected chi connectivity index (χ2v) is 4.13. The fourth-order valence-electron chi connectivity index (χ4n) is 1.35. The number of Topliss-reactive ketones (excluding diaryl/α,β-unsaturated/α-hetero) is 1. The summed E-state index contributed by atoms with van der Waals surface area (Å²) in [5.74, 6) is 0.168. The third kappa shape index (κ3) is 3.97. The first-order valence-corrected chi connectivity index (χ1v) is 5.44. The van der Waals surface area contributed by atoms with Crippen LogP contribution in [0.1, 0.15) is 25.3 Å². The number of aryl methyl sites for hydroxylation is 1. The number of benzene rings is 1. The van der Waals surface area contributed by atoms with Gasteiger partial charge in [-0.25, -0.2) is 0 Å². The lowest BCUT2D eigenvalue weighted by Crippen LogP contribution is -2.10. The van der Waals surface area contributed by atoms with E-state index in [4.69, 9.17) is 0 Å². The van der Waals surface area contributed by atoms with Crippen molar-refractivity contribution in [2.75, 3.05) is 0 Å². The van der Waals surface area contributed by atoms with E-state index in [0.717, 1.165) is 19.3 Å². The molecule has 0 saturated heterocycles. The van der Waals surface area contributed by atoms with E-state index >= 15 is 0 Å². The summed E-state index contributed by atoms with van der Waals surface area (Å²) in [7, 11) is 0. The Balaban J connectivity index is 2.26. The molecular formula is C12H16OS. The number of thiol groups is 1. The number of rotatable bonds is 5. The molecule has 0 heterocycles. The van der Waals surface area contributed by atoms with Crippen LogP contribution in [-0.4, -0.2) is 11.0 Å². The minimum absolute atomic E-state index is 0.0845. The summed E-state index contributed by atoms with van der Waals surface area (Å²) in [6, 6.07) is 10.3. The van der Waals surface area contributed by atoms with Gasteiger partial charge in [-0.05, 0) is 31.7 Å². The minimum atomic E-state index is -0.0845. The van der Waals surface area contributed by atoms with Crippen molar-refractivity contribution in [1.29, 1.82) is 0 Å². The second-order valence-electron chi connectivity index (χ2n) is 3.50. The molecule has 1 unspecified atom stereocenters. The van der Waals surface area contributed by atoms with Gasteiger partial charge in [0.2, 0.25) is 0 Å². The predicted octanol–water partition coefficient (Wildman–Crippen LogP) is 2.90. The van der Waals surface area contributed by atoms with Crippen LogP contribution in [0.3, 0.4) is 0 Å². The van der Waals surface area contributed by atoms with Crippen LogP contribution in [0.5, 0.6) is 0 Å². The molecule has 0 aliphatic carbocycles. The van der Waals surface area contributed by atoms with Gasteiger partial charge in [0.15, 0.2) is 0 Å². The van der Waals surface area contributed by atoms with E-state index < -0.39 is 0 Å². The summed E-state index contributed by atoms with van der Waals surface area (Å²) in [5, 5.41) is -0.0845. The minimum Gasteiger partial charge on any atom is -0.299 e. The first-order chi connectivity index (χ1) is 6.70. The van der Waals surface area contributed by atoms with Gasteiger partial charge in [-0.2, -0.15) is 12.6 Å². The molecule has 1 atom stereocenters. The van der Waals surface area contributed by atoms with Crippen LogP contribution < -0.4 is 0 Å². The van der Waals surface area contributed by atoms with Gasteiger partial charge in [0.1, 0.15) is 5.78 Å². The van der Waals surface area contributed by atoms with Crippen LogP contribution >= 0.6 is 12.6 Å². The summed E-state index contributed by atoms with van der Waals surface area (Å²) in [6.45, 7) is 1.60. The highest BCUT2D eigenvalue weighted by Crippen LogP contribution is 2.10. The highest BCUT2D eigenvalue weighted by molar-refractivity contribution is 7.81. The summed E-state index contributed by atoms with van der Waals surface area (Å²) >= 11 is 4.22. The highest BCUT2D eigenvalue weighted by Gasteiger charge is 2.07. The van der Waals surface area contributed by atoms with Crippen molar-refractivity contribution in [3.8, 4) is 0 Å². The number of carbonyl (C=O) groups excluding carboxylic acids is 1. The van der Waals surface area contributed by atoms with Crippen LogP contribution in [0, 0.1) is 0 Å². The van der Waals surface area contributed by atoms with Gasteiger partial charge >= 0.3 is 0 Å². The van der Waals surface area contributed by atoms with Gasteiger partial charge in [-0.15, -0.1) is 0 Å². The van der Waals surface area contributed by atoms with E-state index in [1.807, 2.05) is 18.2 Å². The molecule has 0 aromatic heterocycles. The molecule has 0 spiro atoms. The maximum atomic E-state index is 10.9. The smallest absolute Gasteiger partial charge is 0.142 e. The molecule has 1 rings (SSSR count). The van der Waals surface area contributed by atoms with Crippen molar-refractivity contribution >= 4 is 18.4 Å². The summed E-state index contributed by atoms with van der Waals surface area (Å²) in [4.78, 5) is 10.9. The SMILES string of the molecule is CC(=O)C(S)CCCc1ccccc1. The molecule has 2 heteroatoms. The van der Waals surface area contributed by atoms with Gasteiger partial charge < -0.3 is 0 Å². The third-order valence-corrected chi connectivity index (χ3v) is 2.88. The monoisotopic (exact) mass is 208 g/mol. The summed E-state index contributed by atoms with van der Waals surface area (Å²) in [6.07, 6.45) is 2.93. The molecular weight excluding hydrogens is 192 g/mol. The molecule has 0 fully saturated rings. The molecule has 0 radical (unpaired) electrons. The zero-order valence-corrected chi connectivity index (χ0v) is 9.34. The molecule has 14 heavy (non-hydrogen) atoms. The first kappa shape index (κ1) is 11.3. The first-order valence-electron chi connectivity index (χ1n) is 4.92. The molecule has 0 aliphatic rings.